The first kappa shape index (κ1) is 20.2. The van der Waals surface area contributed by atoms with Gasteiger partial charge in [0.15, 0.2) is 0 Å². The van der Waals surface area contributed by atoms with Crippen molar-refractivity contribution in [2.45, 2.75) is 13.1 Å². The van der Waals surface area contributed by atoms with Crippen LogP contribution < -0.4 is 4.90 Å². The third-order valence-corrected chi connectivity index (χ3v) is 5.38. The van der Waals surface area contributed by atoms with Crippen LogP contribution in [0.3, 0.4) is 0 Å². The van der Waals surface area contributed by atoms with Gasteiger partial charge in [-0.15, -0.1) is 5.10 Å². The summed E-state index contributed by atoms with van der Waals surface area (Å²) < 4.78 is 1.61. The molecule has 3 aromatic carbocycles. The second kappa shape index (κ2) is 8.77. The quantitative estimate of drug-likeness (QED) is 0.437. The summed E-state index contributed by atoms with van der Waals surface area (Å²) in [6, 6.07) is 24.6. The van der Waals surface area contributed by atoms with Crippen molar-refractivity contribution in [3.8, 4) is 17.3 Å². The summed E-state index contributed by atoms with van der Waals surface area (Å²) in [6.45, 7) is 0.363. The molecular weight excluding hydrogens is 414 g/mol. The molecule has 1 amide bonds. The predicted molar refractivity (Wildman–Crippen MR) is 124 cm³/mol. The number of anilines is 1. The molecule has 0 fully saturated rings. The van der Waals surface area contributed by atoms with Crippen molar-refractivity contribution in [1.82, 2.24) is 25.0 Å². The van der Waals surface area contributed by atoms with Gasteiger partial charge in [0.2, 0.25) is 5.91 Å². The second-order valence-corrected chi connectivity index (χ2v) is 7.53. The van der Waals surface area contributed by atoms with Gasteiger partial charge >= 0.3 is 0 Å². The fourth-order valence-corrected chi connectivity index (χ4v) is 3.72. The van der Waals surface area contributed by atoms with E-state index in [0.717, 1.165) is 33.5 Å². The van der Waals surface area contributed by atoms with Crippen LogP contribution in [-0.2, 0) is 17.9 Å². The van der Waals surface area contributed by atoms with E-state index in [1.807, 2.05) is 66.9 Å². The SMILES string of the molecule is N#Cc1cccc(CN(C(=O)Cn2nnc3ccccc32)c2ccc(-c3c[nH]cn3)cc2)c1. The monoisotopic (exact) mass is 433 g/mol. The number of amides is 1. The number of carbonyl (C=O) groups is 1. The van der Waals surface area contributed by atoms with E-state index in [9.17, 15) is 10.1 Å². The molecule has 0 saturated heterocycles. The van der Waals surface area contributed by atoms with Crippen molar-refractivity contribution in [3.63, 3.8) is 0 Å². The molecule has 2 heterocycles. The minimum absolute atomic E-state index is 0.0412. The smallest absolute Gasteiger partial charge is 0.249 e. The highest BCUT2D eigenvalue weighted by Crippen LogP contribution is 2.24. The molecule has 0 spiro atoms. The van der Waals surface area contributed by atoms with Crippen LogP contribution in [0.1, 0.15) is 11.1 Å². The maximum absolute atomic E-state index is 13.5. The molecule has 5 aromatic rings. The Morgan fingerprint density at radius 2 is 1.91 bits per heavy atom. The number of rotatable bonds is 6. The number of nitriles is 1. The second-order valence-electron chi connectivity index (χ2n) is 7.53. The molecule has 5 rings (SSSR count). The van der Waals surface area contributed by atoms with Gasteiger partial charge in [0.1, 0.15) is 12.1 Å². The van der Waals surface area contributed by atoms with Gasteiger partial charge in [0, 0.05) is 17.4 Å². The van der Waals surface area contributed by atoms with Crippen LogP contribution >= 0.6 is 0 Å². The summed E-state index contributed by atoms with van der Waals surface area (Å²) in [5, 5.41) is 17.6. The van der Waals surface area contributed by atoms with Gasteiger partial charge in [0.25, 0.3) is 0 Å². The van der Waals surface area contributed by atoms with E-state index in [2.05, 4.69) is 26.3 Å². The van der Waals surface area contributed by atoms with Crippen LogP contribution in [0, 0.1) is 11.3 Å². The van der Waals surface area contributed by atoms with Crippen molar-refractivity contribution in [1.29, 1.82) is 5.26 Å². The number of carbonyl (C=O) groups excluding carboxylic acids is 1. The lowest BCUT2D eigenvalue weighted by molar-refractivity contribution is -0.119. The summed E-state index contributed by atoms with van der Waals surface area (Å²) in [5.41, 5.74) is 5.47. The number of H-pyrrole nitrogens is 1. The predicted octanol–water partition coefficient (Wildman–Crippen LogP) is 3.93. The van der Waals surface area contributed by atoms with Crippen molar-refractivity contribution in [3.05, 3.63) is 96.4 Å². The van der Waals surface area contributed by atoms with Gasteiger partial charge in [-0.3, -0.25) is 4.79 Å². The molecule has 33 heavy (non-hydrogen) atoms. The van der Waals surface area contributed by atoms with E-state index in [1.54, 1.807) is 28.0 Å². The zero-order valence-corrected chi connectivity index (χ0v) is 17.6. The molecule has 0 saturated carbocycles. The van der Waals surface area contributed by atoms with Crippen molar-refractivity contribution >= 4 is 22.6 Å². The minimum Gasteiger partial charge on any atom is -0.351 e. The van der Waals surface area contributed by atoms with Crippen LogP contribution in [0.5, 0.6) is 0 Å². The molecule has 0 radical (unpaired) electrons. The molecule has 160 valence electrons. The Morgan fingerprint density at radius 3 is 2.70 bits per heavy atom. The van der Waals surface area contributed by atoms with Crippen LogP contribution in [-0.4, -0.2) is 30.9 Å². The molecule has 2 aromatic heterocycles. The lowest BCUT2D eigenvalue weighted by Gasteiger charge is -2.23. The molecule has 0 unspecified atom stereocenters. The van der Waals surface area contributed by atoms with E-state index in [-0.39, 0.29) is 12.5 Å². The Morgan fingerprint density at radius 1 is 1.06 bits per heavy atom. The van der Waals surface area contributed by atoms with E-state index >= 15 is 0 Å². The van der Waals surface area contributed by atoms with E-state index < -0.39 is 0 Å². The largest absolute Gasteiger partial charge is 0.351 e. The third-order valence-electron chi connectivity index (χ3n) is 5.38. The highest BCUT2D eigenvalue weighted by atomic mass is 16.2. The maximum Gasteiger partial charge on any atom is 0.249 e. The topological polar surface area (TPSA) is 103 Å². The molecule has 8 heteroatoms. The maximum atomic E-state index is 13.5. The molecule has 0 atom stereocenters. The normalized spacial score (nSPS) is 10.8. The number of aromatic amines is 1. The fourth-order valence-electron chi connectivity index (χ4n) is 3.72. The van der Waals surface area contributed by atoms with Gasteiger partial charge < -0.3 is 9.88 Å². The first-order valence-electron chi connectivity index (χ1n) is 10.4. The third kappa shape index (κ3) is 4.20. The van der Waals surface area contributed by atoms with Gasteiger partial charge in [-0.2, -0.15) is 5.26 Å². The lowest BCUT2D eigenvalue weighted by Crippen LogP contribution is -2.33. The highest BCUT2D eigenvalue weighted by Gasteiger charge is 2.19. The van der Waals surface area contributed by atoms with Crippen molar-refractivity contribution in [2.75, 3.05) is 4.90 Å². The Kier molecular flexibility index (Phi) is 5.35. The summed E-state index contributed by atoms with van der Waals surface area (Å²) >= 11 is 0. The highest BCUT2D eigenvalue weighted by molar-refractivity contribution is 5.94. The van der Waals surface area contributed by atoms with E-state index in [4.69, 9.17) is 0 Å². The van der Waals surface area contributed by atoms with Crippen LogP contribution in [0.25, 0.3) is 22.3 Å². The standard InChI is InChI=1S/C25H19N7O/c26-13-18-4-3-5-19(12-18)15-31(21-10-8-20(9-11-21)23-14-27-17-28-23)25(33)16-32-24-7-2-1-6-22(24)29-30-32/h1-12,14,17H,15-16H2,(H,27,28). The van der Waals surface area contributed by atoms with Gasteiger partial charge in [-0.1, -0.05) is 41.6 Å². The van der Waals surface area contributed by atoms with Gasteiger partial charge in [-0.25, -0.2) is 9.67 Å². The number of aromatic nitrogens is 5. The Bertz CT molecular complexity index is 1450. The summed E-state index contributed by atoms with van der Waals surface area (Å²) in [4.78, 5) is 22.4. The van der Waals surface area contributed by atoms with Gasteiger partial charge in [-0.05, 0) is 42.0 Å². The zero-order valence-electron chi connectivity index (χ0n) is 17.6. The molecule has 0 aliphatic rings. The number of nitrogens with one attached hydrogen (secondary N) is 1. The average molecular weight is 433 g/mol. The number of benzene rings is 3. The fraction of sp³-hybridized carbons (Fsp3) is 0.0800. The van der Waals surface area contributed by atoms with E-state index in [0.29, 0.717) is 12.1 Å². The lowest BCUT2D eigenvalue weighted by atomic mass is 10.1. The Balaban J connectivity index is 1.47. The summed E-state index contributed by atoms with van der Waals surface area (Å²) in [5.74, 6) is -0.138. The number of imidazole rings is 1. The number of hydrogen-bond acceptors (Lipinski definition) is 5. The first-order chi connectivity index (χ1) is 16.2. The Labute approximate surface area is 189 Å². The number of fused-ring (bicyclic) bond motifs is 1. The van der Waals surface area contributed by atoms with E-state index in [1.165, 1.54) is 0 Å². The zero-order chi connectivity index (χ0) is 22.6. The van der Waals surface area contributed by atoms with Crippen LogP contribution in [0.4, 0.5) is 5.69 Å². The molecule has 1 N–H and O–H groups in total. The molecule has 0 bridgehead atoms. The molecule has 0 aliphatic heterocycles. The molecular formula is C25H19N7O. The summed E-state index contributed by atoms with van der Waals surface area (Å²) in [7, 11) is 0. The number of nitrogens with zero attached hydrogens (tertiary/aromatic N) is 6. The minimum atomic E-state index is -0.138. The first-order valence-corrected chi connectivity index (χ1v) is 10.4. The van der Waals surface area contributed by atoms with Gasteiger partial charge in [0.05, 0.1) is 35.7 Å². The molecule has 8 nitrogen and oxygen atoms in total. The van der Waals surface area contributed by atoms with Crippen LogP contribution in [0.2, 0.25) is 0 Å². The Hall–Kier alpha value is -4.77. The molecule has 0 aliphatic carbocycles. The summed E-state index contributed by atoms with van der Waals surface area (Å²) in [6.07, 6.45) is 3.45. The van der Waals surface area contributed by atoms with Crippen LogP contribution in [0.15, 0.2) is 85.3 Å². The number of para-hydroxylation sites is 1. The number of hydrogen-bond donors (Lipinski definition) is 1. The average Bonchev–Trinajstić information content (AvgIpc) is 3.54. The van der Waals surface area contributed by atoms with Crippen molar-refractivity contribution < 1.29 is 4.79 Å². The van der Waals surface area contributed by atoms with Crippen molar-refractivity contribution in [2.24, 2.45) is 0 Å².